The third-order valence-corrected chi connectivity index (χ3v) is 5.56. The molecule has 1 atom stereocenters. The van der Waals surface area contributed by atoms with Gasteiger partial charge in [-0.05, 0) is 32.4 Å². The van der Waals surface area contributed by atoms with Gasteiger partial charge >= 0.3 is 0 Å². The summed E-state index contributed by atoms with van der Waals surface area (Å²) >= 11 is 0. The summed E-state index contributed by atoms with van der Waals surface area (Å²) in [5, 5.41) is 0. The summed E-state index contributed by atoms with van der Waals surface area (Å²) < 4.78 is 38.9. The van der Waals surface area contributed by atoms with Crippen LogP contribution in [0, 0.1) is 6.92 Å². The Bertz CT molecular complexity index is 712. The maximum atomic E-state index is 12.6. The van der Waals surface area contributed by atoms with Gasteiger partial charge in [0.2, 0.25) is 5.96 Å². The fourth-order valence-corrected chi connectivity index (χ4v) is 3.92. The van der Waals surface area contributed by atoms with Gasteiger partial charge in [0.1, 0.15) is 0 Å². The van der Waals surface area contributed by atoms with Crippen molar-refractivity contribution in [3.63, 3.8) is 0 Å². The highest BCUT2D eigenvalue weighted by molar-refractivity contribution is 7.90. The fraction of sp³-hybridized carbons (Fsp3) is 0.588. The van der Waals surface area contributed by atoms with E-state index < -0.39 is 10.0 Å². The Labute approximate surface area is 149 Å². The number of hydrogen-bond donors (Lipinski definition) is 1. The Balaban J connectivity index is 1.64. The van der Waals surface area contributed by atoms with E-state index in [1.165, 1.54) is 0 Å². The molecular weight excluding hydrogens is 342 g/mol. The highest BCUT2D eigenvalue weighted by Crippen LogP contribution is 2.15. The van der Waals surface area contributed by atoms with Crippen molar-refractivity contribution in [3.8, 4) is 0 Å². The number of guanidine groups is 1. The van der Waals surface area contributed by atoms with Crippen molar-refractivity contribution >= 4 is 16.0 Å². The Morgan fingerprint density at radius 2 is 1.92 bits per heavy atom. The molecule has 8 heteroatoms. The topological polar surface area (TPSA) is 80.2 Å². The molecule has 0 radical (unpaired) electrons. The van der Waals surface area contributed by atoms with E-state index in [-0.39, 0.29) is 17.2 Å². The molecule has 138 valence electrons. The van der Waals surface area contributed by atoms with Crippen LogP contribution in [0.4, 0.5) is 0 Å². The molecule has 0 amide bonds. The van der Waals surface area contributed by atoms with E-state index in [1.807, 2.05) is 18.7 Å². The Morgan fingerprint density at radius 3 is 2.60 bits per heavy atom. The van der Waals surface area contributed by atoms with Gasteiger partial charge in [-0.1, -0.05) is 17.7 Å². The predicted octanol–water partition coefficient (Wildman–Crippen LogP) is 1.49. The van der Waals surface area contributed by atoms with Crippen LogP contribution in [0.1, 0.15) is 25.3 Å². The minimum atomic E-state index is -3.64. The van der Waals surface area contributed by atoms with E-state index in [4.69, 9.17) is 9.47 Å². The second kappa shape index (κ2) is 7.72. The molecule has 2 aliphatic heterocycles. The van der Waals surface area contributed by atoms with Crippen molar-refractivity contribution in [2.24, 2.45) is 4.99 Å². The van der Waals surface area contributed by atoms with Gasteiger partial charge in [0.05, 0.1) is 24.2 Å². The van der Waals surface area contributed by atoms with Crippen molar-refractivity contribution in [1.82, 2.24) is 9.62 Å². The van der Waals surface area contributed by atoms with Gasteiger partial charge in [0, 0.05) is 19.5 Å². The SMILES string of the molecule is Cc1ccc(S(=O)(=O)NC2=NC(C)CN2CCC2OCCCO2)cc1. The molecule has 25 heavy (non-hydrogen) atoms. The van der Waals surface area contributed by atoms with Crippen LogP contribution in [0.25, 0.3) is 0 Å². The van der Waals surface area contributed by atoms with Gasteiger partial charge in [0.25, 0.3) is 10.0 Å². The maximum absolute atomic E-state index is 12.6. The van der Waals surface area contributed by atoms with Crippen LogP contribution < -0.4 is 4.72 Å². The molecule has 1 N–H and O–H groups in total. The number of nitrogens with zero attached hydrogens (tertiary/aromatic N) is 2. The van der Waals surface area contributed by atoms with E-state index in [0.717, 1.165) is 12.0 Å². The molecule has 3 rings (SSSR count). The molecule has 2 heterocycles. The smallest absolute Gasteiger partial charge is 0.264 e. The highest BCUT2D eigenvalue weighted by atomic mass is 32.2. The first kappa shape index (κ1) is 18.2. The summed E-state index contributed by atoms with van der Waals surface area (Å²) in [6.45, 7) is 6.62. The predicted molar refractivity (Wildman–Crippen MR) is 94.9 cm³/mol. The van der Waals surface area contributed by atoms with Gasteiger partial charge in [-0.2, -0.15) is 0 Å². The first-order chi connectivity index (χ1) is 11.9. The third-order valence-electron chi connectivity index (χ3n) is 4.21. The number of hydrogen-bond acceptors (Lipinski definition) is 6. The van der Waals surface area contributed by atoms with Crippen LogP contribution in [0.2, 0.25) is 0 Å². The number of benzene rings is 1. The molecule has 2 aliphatic rings. The lowest BCUT2D eigenvalue weighted by Crippen LogP contribution is -2.43. The molecule has 0 aliphatic carbocycles. The average molecular weight is 367 g/mol. The summed E-state index contributed by atoms with van der Waals surface area (Å²) in [5.41, 5.74) is 1.01. The number of rotatable bonds is 5. The largest absolute Gasteiger partial charge is 0.353 e. The molecule has 1 aromatic carbocycles. The van der Waals surface area contributed by atoms with Crippen molar-refractivity contribution in [1.29, 1.82) is 0 Å². The number of sulfonamides is 1. The number of ether oxygens (including phenoxy) is 2. The summed E-state index contributed by atoms with van der Waals surface area (Å²) in [4.78, 5) is 6.61. The minimum Gasteiger partial charge on any atom is -0.353 e. The van der Waals surface area contributed by atoms with E-state index in [0.29, 0.717) is 38.7 Å². The van der Waals surface area contributed by atoms with Gasteiger partial charge < -0.3 is 14.4 Å². The second-order valence-corrected chi connectivity index (χ2v) is 8.16. The Kier molecular flexibility index (Phi) is 5.61. The van der Waals surface area contributed by atoms with Crippen LogP contribution in [0.3, 0.4) is 0 Å². The molecule has 0 bridgehead atoms. The van der Waals surface area contributed by atoms with Crippen LogP contribution in [0.15, 0.2) is 34.2 Å². The van der Waals surface area contributed by atoms with Crippen LogP contribution in [0.5, 0.6) is 0 Å². The summed E-state index contributed by atoms with van der Waals surface area (Å²) in [6, 6.07) is 6.81. The first-order valence-electron chi connectivity index (χ1n) is 8.59. The summed E-state index contributed by atoms with van der Waals surface area (Å²) in [5.74, 6) is 0.392. The zero-order valence-corrected chi connectivity index (χ0v) is 15.5. The number of nitrogens with one attached hydrogen (secondary N) is 1. The molecule has 1 fully saturated rings. The van der Waals surface area contributed by atoms with Crippen LogP contribution in [-0.2, 0) is 19.5 Å². The standard InChI is InChI=1S/C17H25N3O4S/c1-13-4-6-15(7-5-13)25(21,22)19-17-18-14(2)12-20(17)9-8-16-23-10-3-11-24-16/h4-7,14,16H,3,8-12H2,1-2H3,(H,18,19). The zero-order valence-electron chi connectivity index (χ0n) is 14.6. The second-order valence-electron chi connectivity index (χ2n) is 6.48. The first-order valence-corrected chi connectivity index (χ1v) is 10.1. The molecular formula is C17H25N3O4S. The molecule has 0 spiro atoms. The molecule has 1 aromatic rings. The van der Waals surface area contributed by atoms with E-state index in [9.17, 15) is 8.42 Å². The van der Waals surface area contributed by atoms with Gasteiger partial charge in [0.15, 0.2) is 6.29 Å². The van der Waals surface area contributed by atoms with E-state index >= 15 is 0 Å². The normalized spacial score (nSPS) is 22.1. The summed E-state index contributed by atoms with van der Waals surface area (Å²) in [7, 11) is -3.64. The number of aryl methyl sites for hydroxylation is 1. The van der Waals surface area contributed by atoms with Gasteiger partial charge in [-0.25, -0.2) is 18.1 Å². The molecule has 0 aromatic heterocycles. The fourth-order valence-electron chi connectivity index (χ4n) is 2.89. The van der Waals surface area contributed by atoms with E-state index in [2.05, 4.69) is 9.71 Å². The van der Waals surface area contributed by atoms with Crippen molar-refractivity contribution in [3.05, 3.63) is 29.8 Å². The average Bonchev–Trinajstić information content (AvgIpc) is 2.93. The van der Waals surface area contributed by atoms with Crippen molar-refractivity contribution in [2.75, 3.05) is 26.3 Å². The highest BCUT2D eigenvalue weighted by Gasteiger charge is 2.27. The summed E-state index contributed by atoms with van der Waals surface area (Å²) in [6.07, 6.45) is 1.37. The van der Waals surface area contributed by atoms with E-state index in [1.54, 1.807) is 24.3 Å². The van der Waals surface area contributed by atoms with Gasteiger partial charge in [-0.3, -0.25) is 0 Å². The molecule has 0 saturated carbocycles. The minimum absolute atomic E-state index is 0.0453. The molecule has 7 nitrogen and oxygen atoms in total. The quantitative estimate of drug-likeness (QED) is 0.853. The zero-order chi connectivity index (χ0) is 17.9. The molecule has 1 unspecified atom stereocenters. The molecule has 1 saturated heterocycles. The van der Waals surface area contributed by atoms with Crippen LogP contribution >= 0.6 is 0 Å². The maximum Gasteiger partial charge on any atom is 0.264 e. The monoisotopic (exact) mass is 367 g/mol. The lowest BCUT2D eigenvalue weighted by atomic mass is 10.2. The lowest BCUT2D eigenvalue weighted by molar-refractivity contribution is -0.181. The van der Waals surface area contributed by atoms with Crippen molar-refractivity contribution < 1.29 is 17.9 Å². The lowest BCUT2D eigenvalue weighted by Gasteiger charge is -2.27. The van der Waals surface area contributed by atoms with Crippen LogP contribution in [-0.4, -0.2) is 57.9 Å². The van der Waals surface area contributed by atoms with Crippen molar-refractivity contribution in [2.45, 2.75) is 43.9 Å². The van der Waals surface area contributed by atoms with Gasteiger partial charge in [-0.15, -0.1) is 0 Å². The Morgan fingerprint density at radius 1 is 1.24 bits per heavy atom. The number of aliphatic imine (C=N–C) groups is 1. The Hall–Kier alpha value is -1.64. The third kappa shape index (κ3) is 4.71.